The van der Waals surface area contributed by atoms with Crippen LogP contribution in [-0.2, 0) is 13.0 Å². The first-order valence-corrected chi connectivity index (χ1v) is 13.2. The van der Waals surface area contributed by atoms with Crippen LogP contribution in [0.4, 0.5) is 5.69 Å². The Morgan fingerprint density at radius 3 is 2.81 bits per heavy atom. The molecule has 7 heteroatoms. The molecule has 0 atom stereocenters. The van der Waals surface area contributed by atoms with Gasteiger partial charge in [-0.3, -0.25) is 0 Å². The van der Waals surface area contributed by atoms with Crippen molar-refractivity contribution in [2.75, 3.05) is 13.3 Å². The molecule has 1 aliphatic rings. The van der Waals surface area contributed by atoms with Crippen LogP contribution < -0.4 is 4.80 Å². The predicted octanol–water partition coefficient (Wildman–Crippen LogP) is 6.12. The number of hydrogen-bond acceptors (Lipinski definition) is 3. The maximum absolute atomic E-state index is 6.48. The Labute approximate surface area is 173 Å². The molecule has 1 aliphatic heterocycles. The van der Waals surface area contributed by atoms with E-state index in [4.69, 9.17) is 16.6 Å². The molecule has 26 heavy (non-hydrogen) atoms. The molecule has 3 rings (SSSR count). The molecule has 0 radical (unpaired) electrons. The van der Waals surface area contributed by atoms with Crippen molar-refractivity contribution in [2.24, 2.45) is 10.4 Å². The molecule has 2 heterocycles. The van der Waals surface area contributed by atoms with Gasteiger partial charge in [0.2, 0.25) is 4.80 Å². The maximum atomic E-state index is 6.48. The minimum absolute atomic E-state index is 0.248. The van der Waals surface area contributed by atoms with E-state index in [9.17, 15) is 0 Å². The molecule has 0 unspecified atom stereocenters. The fourth-order valence-electron chi connectivity index (χ4n) is 2.90. The molecule has 0 saturated heterocycles. The smallest absolute Gasteiger partial charge is 0.209 e. The van der Waals surface area contributed by atoms with Gasteiger partial charge in [0.25, 0.3) is 0 Å². The van der Waals surface area contributed by atoms with Crippen LogP contribution in [0.15, 0.2) is 21.3 Å². The van der Waals surface area contributed by atoms with E-state index >= 15 is 0 Å². The standard InChI is InChI=1S/C19H24BrClN3PS/c1-12-7-14(21)13(9-16(20)25(4,5)6)8-15(12)22-18-24-11-19(2,3)10-17(24)23-26-18/h7-9H,4,10-11H2,1-3,5-6H3. The number of benzene rings is 1. The van der Waals surface area contributed by atoms with E-state index in [1.807, 2.05) is 13.0 Å². The highest BCUT2D eigenvalue weighted by atomic mass is 79.9. The molecule has 0 fully saturated rings. The molecule has 140 valence electrons. The fraction of sp³-hybridized carbons (Fsp3) is 0.421. The SMILES string of the molecule is C=P(C)(C)C(Br)=Cc1cc(N=c2snc3n2CC(C)(C)C3)c(C)cc1Cl. The first-order chi connectivity index (χ1) is 12.0. The summed E-state index contributed by atoms with van der Waals surface area (Å²) >= 11 is 11.6. The highest BCUT2D eigenvalue weighted by Crippen LogP contribution is 2.50. The molecule has 0 saturated carbocycles. The van der Waals surface area contributed by atoms with E-state index in [1.54, 1.807) is 0 Å². The molecule has 3 nitrogen and oxygen atoms in total. The number of aromatic nitrogens is 2. The van der Waals surface area contributed by atoms with Crippen LogP contribution in [0.1, 0.15) is 30.8 Å². The van der Waals surface area contributed by atoms with Gasteiger partial charge < -0.3 is 4.57 Å². The van der Waals surface area contributed by atoms with Crippen molar-refractivity contribution in [3.05, 3.63) is 43.1 Å². The van der Waals surface area contributed by atoms with Crippen LogP contribution in [0.3, 0.4) is 0 Å². The maximum Gasteiger partial charge on any atom is 0.209 e. The minimum atomic E-state index is -1.37. The molecule has 1 aromatic carbocycles. The summed E-state index contributed by atoms with van der Waals surface area (Å²) in [6.45, 7) is 10.5. The van der Waals surface area contributed by atoms with Gasteiger partial charge in [0.1, 0.15) is 5.82 Å². The molecule has 0 aliphatic carbocycles. The highest BCUT2D eigenvalue weighted by Gasteiger charge is 2.30. The Balaban J connectivity index is 2.09. The second-order valence-electron chi connectivity index (χ2n) is 8.23. The molecule has 2 aromatic rings. The van der Waals surface area contributed by atoms with Crippen LogP contribution in [0.2, 0.25) is 5.02 Å². The Hall–Kier alpha value is -0.610. The zero-order chi connectivity index (χ0) is 19.3. The van der Waals surface area contributed by atoms with Crippen molar-refractivity contribution >= 4 is 64.0 Å². The Morgan fingerprint density at radius 1 is 1.46 bits per heavy atom. The van der Waals surface area contributed by atoms with Gasteiger partial charge in [-0.05, 0) is 55.0 Å². The molecular weight excluding hydrogens is 449 g/mol. The topological polar surface area (TPSA) is 30.2 Å². The summed E-state index contributed by atoms with van der Waals surface area (Å²) < 4.78 is 7.95. The van der Waals surface area contributed by atoms with Crippen molar-refractivity contribution in [3.8, 4) is 0 Å². The van der Waals surface area contributed by atoms with Gasteiger partial charge in [-0.2, -0.15) is 4.37 Å². The third kappa shape index (κ3) is 4.27. The van der Waals surface area contributed by atoms with E-state index in [1.165, 1.54) is 11.5 Å². The Kier molecular flexibility index (Phi) is 5.49. The summed E-state index contributed by atoms with van der Waals surface area (Å²) in [4.78, 5) is 5.87. The quantitative estimate of drug-likeness (QED) is 0.495. The van der Waals surface area contributed by atoms with Crippen LogP contribution in [0.5, 0.6) is 0 Å². The largest absolute Gasteiger partial charge is 0.303 e. The first kappa shape index (κ1) is 20.1. The fourth-order valence-corrected chi connectivity index (χ4v) is 4.66. The number of halogens is 2. The zero-order valence-corrected chi connectivity index (χ0v) is 19.9. The number of aryl methyl sites for hydroxylation is 1. The number of hydrogen-bond donors (Lipinski definition) is 0. The summed E-state index contributed by atoms with van der Waals surface area (Å²) in [5.74, 6) is 1.14. The van der Waals surface area contributed by atoms with Crippen LogP contribution >= 0.6 is 45.9 Å². The molecule has 0 bridgehead atoms. The minimum Gasteiger partial charge on any atom is -0.303 e. The lowest BCUT2D eigenvalue weighted by Gasteiger charge is -2.14. The van der Waals surface area contributed by atoms with Crippen LogP contribution in [-0.4, -0.2) is 28.6 Å². The van der Waals surface area contributed by atoms with Crippen LogP contribution in [0, 0.1) is 12.3 Å². The van der Waals surface area contributed by atoms with Crippen molar-refractivity contribution in [2.45, 2.75) is 33.7 Å². The van der Waals surface area contributed by atoms with Crippen LogP contribution in [0.25, 0.3) is 6.08 Å². The van der Waals surface area contributed by atoms with E-state index in [-0.39, 0.29) is 5.41 Å². The van der Waals surface area contributed by atoms with Gasteiger partial charge in [-0.25, -0.2) is 4.99 Å². The van der Waals surface area contributed by atoms with Crippen molar-refractivity contribution in [3.63, 3.8) is 0 Å². The Morgan fingerprint density at radius 2 is 2.15 bits per heavy atom. The first-order valence-electron chi connectivity index (χ1n) is 8.43. The molecule has 0 spiro atoms. The van der Waals surface area contributed by atoms with Crippen molar-refractivity contribution in [1.29, 1.82) is 0 Å². The molecular formula is C19H24BrClN3PS. The third-order valence-corrected chi connectivity index (χ3v) is 9.88. The summed E-state index contributed by atoms with van der Waals surface area (Å²) in [6, 6.07) is 4.04. The number of rotatable bonds is 3. The second kappa shape index (κ2) is 7.09. The average molecular weight is 473 g/mol. The van der Waals surface area contributed by atoms with E-state index in [0.717, 1.165) is 49.7 Å². The normalized spacial score (nSPS) is 17.7. The van der Waals surface area contributed by atoms with Gasteiger partial charge in [-0.15, -0.1) is 0 Å². The summed E-state index contributed by atoms with van der Waals surface area (Å²) in [5.41, 5.74) is 3.21. The molecule has 1 aromatic heterocycles. The summed E-state index contributed by atoms with van der Waals surface area (Å²) in [6.07, 6.45) is 7.35. The third-order valence-electron chi connectivity index (χ3n) is 4.38. The lowest BCUT2D eigenvalue weighted by molar-refractivity contribution is 0.356. The van der Waals surface area contributed by atoms with Gasteiger partial charge in [0.15, 0.2) is 0 Å². The van der Waals surface area contributed by atoms with Gasteiger partial charge >= 0.3 is 0 Å². The number of nitrogens with zero attached hydrogens (tertiary/aromatic N) is 3. The van der Waals surface area contributed by atoms with Crippen molar-refractivity contribution in [1.82, 2.24) is 8.94 Å². The lowest BCUT2D eigenvalue weighted by atomic mass is 9.92. The van der Waals surface area contributed by atoms with E-state index in [0.29, 0.717) is 0 Å². The summed E-state index contributed by atoms with van der Waals surface area (Å²) in [7, 11) is 0. The lowest BCUT2D eigenvalue weighted by Crippen LogP contribution is -2.19. The van der Waals surface area contributed by atoms with Gasteiger partial charge in [0.05, 0.1) is 5.69 Å². The molecule has 0 N–H and O–H groups in total. The Bertz CT molecular complexity index is 1010. The van der Waals surface area contributed by atoms with Gasteiger partial charge in [-0.1, -0.05) is 54.6 Å². The zero-order valence-electron chi connectivity index (χ0n) is 15.8. The average Bonchev–Trinajstić information content (AvgIpc) is 2.99. The highest BCUT2D eigenvalue weighted by molar-refractivity contribution is 9.13. The van der Waals surface area contributed by atoms with E-state index in [2.05, 4.69) is 70.5 Å². The second-order valence-corrected chi connectivity index (χ2v) is 14.7. The van der Waals surface area contributed by atoms with Crippen molar-refractivity contribution < 1.29 is 0 Å². The van der Waals surface area contributed by atoms with E-state index < -0.39 is 6.89 Å². The number of fused-ring (bicyclic) bond motifs is 1. The van der Waals surface area contributed by atoms with Gasteiger partial charge in [0, 0.05) is 33.7 Å². The predicted molar refractivity (Wildman–Crippen MR) is 122 cm³/mol. The summed E-state index contributed by atoms with van der Waals surface area (Å²) in [5, 5.41) is 0.732. The monoisotopic (exact) mass is 471 g/mol. The molecule has 0 amide bonds.